The second-order valence-electron chi connectivity index (χ2n) is 4.47. The Morgan fingerprint density at radius 3 is 2.59 bits per heavy atom. The topological polar surface area (TPSA) is 64.0 Å². The Bertz CT molecular complexity index is 872. The Balaban J connectivity index is 1.71. The van der Waals surface area contributed by atoms with Crippen LogP contribution in [-0.4, -0.2) is 18.2 Å². The second kappa shape index (κ2) is 6.21. The van der Waals surface area contributed by atoms with E-state index in [0.29, 0.717) is 10.0 Å². The molecule has 114 valence electrons. The predicted molar refractivity (Wildman–Crippen MR) is 86.9 cm³/mol. The number of hydrogen-bond donors (Lipinski definition) is 1. The van der Waals surface area contributed by atoms with Crippen molar-refractivity contribution in [3.05, 3.63) is 64.8 Å². The molecule has 0 amide bonds. The van der Waals surface area contributed by atoms with Gasteiger partial charge in [-0.05, 0) is 30.3 Å². The SMILES string of the molecule is O=S(=O)(NCc1ccn(-c2ccccc2)n1)c1ccc(Cl)s1. The minimum Gasteiger partial charge on any atom is -0.241 e. The van der Waals surface area contributed by atoms with E-state index in [2.05, 4.69) is 9.82 Å². The summed E-state index contributed by atoms with van der Waals surface area (Å²) >= 11 is 6.79. The van der Waals surface area contributed by atoms with Gasteiger partial charge < -0.3 is 0 Å². The molecular weight excluding hydrogens is 342 g/mol. The molecule has 5 nitrogen and oxygen atoms in total. The van der Waals surface area contributed by atoms with Crippen LogP contribution in [0.15, 0.2) is 58.9 Å². The zero-order chi connectivity index (χ0) is 15.6. The Morgan fingerprint density at radius 1 is 1.14 bits per heavy atom. The van der Waals surface area contributed by atoms with Crippen molar-refractivity contribution in [1.29, 1.82) is 0 Å². The first kappa shape index (κ1) is 15.2. The van der Waals surface area contributed by atoms with Crippen LogP contribution in [0, 0.1) is 0 Å². The summed E-state index contributed by atoms with van der Waals surface area (Å²) in [5.41, 5.74) is 1.55. The number of hydrogen-bond acceptors (Lipinski definition) is 4. The van der Waals surface area contributed by atoms with Crippen LogP contribution >= 0.6 is 22.9 Å². The monoisotopic (exact) mass is 353 g/mol. The van der Waals surface area contributed by atoms with Gasteiger partial charge in [0.1, 0.15) is 4.21 Å². The maximum absolute atomic E-state index is 12.1. The molecule has 2 aromatic heterocycles. The third-order valence-corrected chi connectivity index (χ3v) is 6.05. The fourth-order valence-electron chi connectivity index (χ4n) is 1.86. The Labute approximate surface area is 137 Å². The Morgan fingerprint density at radius 2 is 1.91 bits per heavy atom. The predicted octanol–water partition coefficient (Wildman–Crippen LogP) is 3.07. The van der Waals surface area contributed by atoms with Gasteiger partial charge in [-0.25, -0.2) is 17.8 Å². The summed E-state index contributed by atoms with van der Waals surface area (Å²) in [6.07, 6.45) is 1.79. The third-order valence-electron chi connectivity index (χ3n) is 2.92. The first-order chi connectivity index (χ1) is 10.5. The molecule has 1 N–H and O–H groups in total. The number of thiophene rings is 1. The highest BCUT2D eigenvalue weighted by Gasteiger charge is 2.16. The lowest BCUT2D eigenvalue weighted by molar-refractivity contribution is 0.582. The Kier molecular flexibility index (Phi) is 4.30. The van der Waals surface area contributed by atoms with Crippen molar-refractivity contribution in [2.45, 2.75) is 10.8 Å². The molecule has 22 heavy (non-hydrogen) atoms. The minimum absolute atomic E-state index is 0.123. The molecule has 0 spiro atoms. The summed E-state index contributed by atoms with van der Waals surface area (Å²) in [6, 6.07) is 14.4. The summed E-state index contributed by atoms with van der Waals surface area (Å²) in [6.45, 7) is 0.123. The fourth-order valence-corrected chi connectivity index (χ4v) is 4.39. The molecule has 0 saturated heterocycles. The summed E-state index contributed by atoms with van der Waals surface area (Å²) in [5.74, 6) is 0. The highest BCUT2D eigenvalue weighted by Crippen LogP contribution is 2.25. The molecule has 8 heteroatoms. The van der Waals surface area contributed by atoms with Crippen LogP contribution in [0.4, 0.5) is 0 Å². The molecule has 0 fully saturated rings. The number of halogens is 1. The molecule has 0 atom stereocenters. The molecule has 2 heterocycles. The lowest BCUT2D eigenvalue weighted by Gasteiger charge is -2.03. The van der Waals surface area contributed by atoms with Gasteiger partial charge in [0.05, 0.1) is 22.3 Å². The molecule has 0 bridgehead atoms. The van der Waals surface area contributed by atoms with Gasteiger partial charge in [0, 0.05) is 6.20 Å². The maximum Gasteiger partial charge on any atom is 0.250 e. The van der Waals surface area contributed by atoms with Crippen molar-refractivity contribution in [1.82, 2.24) is 14.5 Å². The first-order valence-corrected chi connectivity index (χ1v) is 9.07. The number of aromatic nitrogens is 2. The van der Waals surface area contributed by atoms with Crippen molar-refractivity contribution in [2.24, 2.45) is 0 Å². The average Bonchev–Trinajstić information content (AvgIpc) is 3.15. The van der Waals surface area contributed by atoms with Gasteiger partial charge in [-0.2, -0.15) is 5.10 Å². The van der Waals surface area contributed by atoms with Crippen molar-refractivity contribution < 1.29 is 8.42 Å². The largest absolute Gasteiger partial charge is 0.250 e. The highest BCUT2D eigenvalue weighted by molar-refractivity contribution is 7.91. The second-order valence-corrected chi connectivity index (χ2v) is 8.18. The van der Waals surface area contributed by atoms with Crippen LogP contribution in [0.1, 0.15) is 5.69 Å². The van der Waals surface area contributed by atoms with Crippen LogP contribution in [-0.2, 0) is 16.6 Å². The molecule has 0 saturated carbocycles. The van der Waals surface area contributed by atoms with E-state index in [-0.39, 0.29) is 10.8 Å². The molecule has 0 aliphatic rings. The van der Waals surface area contributed by atoms with Crippen LogP contribution in [0.25, 0.3) is 5.69 Å². The zero-order valence-electron chi connectivity index (χ0n) is 11.3. The minimum atomic E-state index is -3.56. The van der Waals surface area contributed by atoms with Crippen LogP contribution < -0.4 is 4.72 Å². The molecular formula is C14H12ClN3O2S2. The number of benzene rings is 1. The summed E-state index contributed by atoms with van der Waals surface area (Å²) in [7, 11) is -3.56. The van der Waals surface area contributed by atoms with E-state index < -0.39 is 10.0 Å². The number of nitrogens with zero attached hydrogens (tertiary/aromatic N) is 2. The Hall–Kier alpha value is -1.67. The van der Waals surface area contributed by atoms with E-state index in [4.69, 9.17) is 11.6 Å². The van der Waals surface area contributed by atoms with Gasteiger partial charge in [-0.15, -0.1) is 11.3 Å². The van der Waals surface area contributed by atoms with E-state index in [1.54, 1.807) is 23.0 Å². The van der Waals surface area contributed by atoms with Crippen LogP contribution in [0.2, 0.25) is 4.34 Å². The maximum atomic E-state index is 12.1. The molecule has 3 aromatic rings. The van der Waals surface area contributed by atoms with E-state index in [1.165, 1.54) is 6.07 Å². The smallest absolute Gasteiger partial charge is 0.241 e. The van der Waals surface area contributed by atoms with Crippen molar-refractivity contribution in [3.63, 3.8) is 0 Å². The van der Waals surface area contributed by atoms with Gasteiger partial charge >= 0.3 is 0 Å². The van der Waals surface area contributed by atoms with Gasteiger partial charge in [-0.3, -0.25) is 0 Å². The van der Waals surface area contributed by atoms with E-state index in [1.807, 2.05) is 30.3 Å². The summed E-state index contributed by atoms with van der Waals surface area (Å²) in [4.78, 5) is 0. The third kappa shape index (κ3) is 3.38. The lowest BCUT2D eigenvalue weighted by Crippen LogP contribution is -2.22. The molecule has 0 unspecified atom stereocenters. The standard InChI is InChI=1S/C14H12ClN3O2S2/c15-13-6-7-14(21-13)22(19,20)16-10-11-8-9-18(17-11)12-4-2-1-3-5-12/h1-9,16H,10H2. The number of sulfonamides is 1. The molecule has 0 radical (unpaired) electrons. The quantitative estimate of drug-likeness (QED) is 0.766. The number of nitrogens with one attached hydrogen (secondary N) is 1. The molecule has 1 aromatic carbocycles. The zero-order valence-corrected chi connectivity index (χ0v) is 13.7. The van der Waals surface area contributed by atoms with E-state index in [0.717, 1.165) is 17.0 Å². The van der Waals surface area contributed by atoms with Crippen LogP contribution in [0.3, 0.4) is 0 Å². The molecule has 0 aliphatic heterocycles. The average molecular weight is 354 g/mol. The van der Waals surface area contributed by atoms with Crippen molar-refractivity contribution in [3.8, 4) is 5.69 Å². The van der Waals surface area contributed by atoms with Gasteiger partial charge in [0.15, 0.2) is 0 Å². The summed E-state index contributed by atoms with van der Waals surface area (Å²) in [5, 5.41) is 4.35. The van der Waals surface area contributed by atoms with Gasteiger partial charge in [0.2, 0.25) is 10.0 Å². The molecule has 0 aliphatic carbocycles. The first-order valence-electron chi connectivity index (χ1n) is 6.39. The normalized spacial score (nSPS) is 11.7. The van der Waals surface area contributed by atoms with Gasteiger partial charge in [-0.1, -0.05) is 29.8 Å². The van der Waals surface area contributed by atoms with Crippen molar-refractivity contribution in [2.75, 3.05) is 0 Å². The van der Waals surface area contributed by atoms with Crippen LogP contribution in [0.5, 0.6) is 0 Å². The van der Waals surface area contributed by atoms with E-state index in [9.17, 15) is 8.42 Å². The number of rotatable bonds is 5. The van der Waals surface area contributed by atoms with Gasteiger partial charge in [0.25, 0.3) is 0 Å². The highest BCUT2D eigenvalue weighted by atomic mass is 35.5. The molecule has 3 rings (SSSR count). The lowest BCUT2D eigenvalue weighted by atomic mass is 10.3. The van der Waals surface area contributed by atoms with Crippen molar-refractivity contribution >= 4 is 33.0 Å². The van der Waals surface area contributed by atoms with E-state index >= 15 is 0 Å². The number of para-hydroxylation sites is 1. The fraction of sp³-hybridized carbons (Fsp3) is 0.0714. The summed E-state index contributed by atoms with van der Waals surface area (Å²) < 4.78 is 29.1.